The number of amides is 1. The van der Waals surface area contributed by atoms with Gasteiger partial charge in [0.15, 0.2) is 0 Å². The minimum absolute atomic E-state index is 0.293. The minimum atomic E-state index is -0.729. The average Bonchev–Trinajstić information content (AvgIpc) is 2.96. The molecule has 20 heavy (non-hydrogen) atoms. The maximum absolute atomic E-state index is 11.1. The lowest BCUT2D eigenvalue weighted by Crippen LogP contribution is -2.25. The van der Waals surface area contributed by atoms with Crippen LogP contribution in [0.1, 0.15) is 30.9 Å². The highest BCUT2D eigenvalue weighted by Crippen LogP contribution is 2.24. The first kappa shape index (κ1) is 14.7. The second-order valence-corrected chi connectivity index (χ2v) is 5.04. The van der Waals surface area contributed by atoms with Gasteiger partial charge in [-0.25, -0.2) is 4.79 Å². The summed E-state index contributed by atoms with van der Waals surface area (Å²) < 4.78 is 10.4. The van der Waals surface area contributed by atoms with Crippen molar-refractivity contribution in [3.05, 3.63) is 29.8 Å². The van der Waals surface area contributed by atoms with Gasteiger partial charge >= 0.3 is 6.09 Å². The smallest absolute Gasteiger partial charge is 0.405 e. The van der Waals surface area contributed by atoms with Gasteiger partial charge in [-0.05, 0) is 43.6 Å². The number of carbonyl (C=O) groups excluding carboxylic acids is 1. The van der Waals surface area contributed by atoms with E-state index in [0.29, 0.717) is 0 Å². The highest BCUT2D eigenvalue weighted by molar-refractivity contribution is 5.65. The van der Waals surface area contributed by atoms with Crippen LogP contribution in [0.3, 0.4) is 0 Å². The predicted molar refractivity (Wildman–Crippen MR) is 76.7 cm³/mol. The summed E-state index contributed by atoms with van der Waals surface area (Å²) in [6.45, 7) is 3.18. The molecule has 0 saturated carbocycles. The maximum atomic E-state index is 11.1. The lowest BCUT2D eigenvalue weighted by atomic mass is 10.1. The third-order valence-corrected chi connectivity index (χ3v) is 3.65. The minimum Gasteiger partial charge on any atom is -0.497 e. The number of benzene rings is 1. The van der Waals surface area contributed by atoms with E-state index in [-0.39, 0.29) is 6.10 Å². The summed E-state index contributed by atoms with van der Waals surface area (Å²) in [6.07, 6.45) is 2.24. The van der Waals surface area contributed by atoms with Crippen molar-refractivity contribution in [1.29, 1.82) is 0 Å². The molecule has 1 aromatic carbocycles. The van der Waals surface area contributed by atoms with Crippen LogP contribution in [0.25, 0.3) is 0 Å². The van der Waals surface area contributed by atoms with Crippen LogP contribution in [0.2, 0.25) is 0 Å². The number of hydrogen-bond donors (Lipinski definition) is 1. The van der Waals surface area contributed by atoms with E-state index in [9.17, 15) is 4.79 Å². The Kier molecular flexibility index (Phi) is 5.24. The fraction of sp³-hybridized carbons (Fsp3) is 0.533. The number of hydrogen-bond acceptors (Lipinski definition) is 4. The quantitative estimate of drug-likeness (QED) is 0.867. The molecule has 5 heteroatoms. The van der Waals surface area contributed by atoms with Gasteiger partial charge in [-0.3, -0.25) is 0 Å². The number of nitrogens with two attached hydrogens (primary N) is 1. The summed E-state index contributed by atoms with van der Waals surface area (Å²) in [5, 5.41) is 0. The van der Waals surface area contributed by atoms with Crippen LogP contribution in [0, 0.1) is 0 Å². The summed E-state index contributed by atoms with van der Waals surface area (Å²) in [5.41, 5.74) is 6.12. The van der Waals surface area contributed by atoms with Crippen molar-refractivity contribution in [2.75, 3.05) is 26.7 Å². The molecular weight excluding hydrogens is 256 g/mol. The Morgan fingerprint density at radius 2 is 1.95 bits per heavy atom. The van der Waals surface area contributed by atoms with Crippen molar-refractivity contribution in [3.8, 4) is 5.75 Å². The van der Waals surface area contributed by atoms with Gasteiger partial charge in [-0.2, -0.15) is 0 Å². The van der Waals surface area contributed by atoms with E-state index >= 15 is 0 Å². The number of nitrogens with zero attached hydrogens (tertiary/aromatic N) is 1. The van der Waals surface area contributed by atoms with Crippen molar-refractivity contribution in [1.82, 2.24) is 4.90 Å². The molecule has 5 nitrogen and oxygen atoms in total. The molecule has 0 aromatic heterocycles. The molecule has 0 aliphatic carbocycles. The van der Waals surface area contributed by atoms with E-state index in [4.69, 9.17) is 15.2 Å². The number of rotatable bonds is 6. The molecule has 1 atom stereocenters. The summed E-state index contributed by atoms with van der Waals surface area (Å²) in [6, 6.07) is 7.55. The molecular formula is C15H22N2O3. The zero-order valence-corrected chi connectivity index (χ0v) is 11.9. The van der Waals surface area contributed by atoms with Crippen LogP contribution in [0.5, 0.6) is 5.75 Å². The molecule has 0 radical (unpaired) electrons. The molecule has 1 fully saturated rings. The first-order valence-electron chi connectivity index (χ1n) is 7.01. The first-order valence-corrected chi connectivity index (χ1v) is 7.01. The Bertz CT molecular complexity index is 427. The predicted octanol–water partition coefficient (Wildman–Crippen LogP) is 2.32. The summed E-state index contributed by atoms with van der Waals surface area (Å²) in [5.74, 6) is 0.783. The fourth-order valence-electron chi connectivity index (χ4n) is 2.56. The molecule has 1 aromatic rings. The zero-order valence-electron chi connectivity index (χ0n) is 11.9. The Labute approximate surface area is 119 Å². The highest BCUT2D eigenvalue weighted by Gasteiger charge is 2.18. The molecule has 0 bridgehead atoms. The molecule has 1 aliphatic rings. The van der Waals surface area contributed by atoms with Crippen molar-refractivity contribution in [3.63, 3.8) is 0 Å². The molecule has 110 valence electrons. The molecule has 1 heterocycles. The van der Waals surface area contributed by atoms with Crippen LogP contribution >= 0.6 is 0 Å². The SMILES string of the molecule is COc1ccc([C@H](CCN2CCCC2)OC(N)=O)cc1. The highest BCUT2D eigenvalue weighted by atomic mass is 16.6. The van der Waals surface area contributed by atoms with Crippen LogP contribution in [-0.4, -0.2) is 37.7 Å². The van der Waals surface area contributed by atoms with Crippen molar-refractivity contribution < 1.29 is 14.3 Å². The Balaban J connectivity index is 1.98. The molecule has 1 aliphatic heterocycles. The number of likely N-dealkylation sites (tertiary alicyclic amines) is 1. The average molecular weight is 278 g/mol. The number of methoxy groups -OCH3 is 1. The third-order valence-electron chi connectivity index (χ3n) is 3.65. The summed E-state index contributed by atoms with van der Waals surface area (Å²) in [7, 11) is 1.62. The van der Waals surface area contributed by atoms with Crippen LogP contribution in [-0.2, 0) is 4.74 Å². The van der Waals surface area contributed by atoms with Crippen molar-refractivity contribution in [2.24, 2.45) is 5.73 Å². The molecule has 2 N–H and O–H groups in total. The topological polar surface area (TPSA) is 64.8 Å². The van der Waals surface area contributed by atoms with Crippen molar-refractivity contribution >= 4 is 6.09 Å². The van der Waals surface area contributed by atoms with Gasteiger partial charge in [0, 0.05) is 13.0 Å². The third kappa shape index (κ3) is 4.13. The summed E-state index contributed by atoms with van der Waals surface area (Å²) in [4.78, 5) is 13.5. The van der Waals surface area contributed by atoms with E-state index in [2.05, 4.69) is 4.90 Å². The molecule has 0 spiro atoms. The Morgan fingerprint density at radius 1 is 1.30 bits per heavy atom. The molecule has 1 amide bonds. The van der Waals surface area contributed by atoms with Crippen LogP contribution < -0.4 is 10.5 Å². The largest absolute Gasteiger partial charge is 0.497 e. The van der Waals surface area contributed by atoms with Gasteiger partial charge in [0.2, 0.25) is 0 Å². The molecule has 1 saturated heterocycles. The zero-order chi connectivity index (χ0) is 14.4. The van der Waals surface area contributed by atoms with Gasteiger partial charge in [0.25, 0.3) is 0 Å². The van der Waals surface area contributed by atoms with E-state index < -0.39 is 6.09 Å². The lowest BCUT2D eigenvalue weighted by molar-refractivity contribution is 0.0941. The standard InChI is InChI=1S/C15H22N2O3/c1-19-13-6-4-12(5-7-13)14(20-15(16)18)8-11-17-9-2-3-10-17/h4-7,14H,2-3,8-11H2,1H3,(H2,16,18)/t14-/m0/s1. The van der Waals surface area contributed by atoms with E-state index in [1.54, 1.807) is 7.11 Å². The summed E-state index contributed by atoms with van der Waals surface area (Å²) >= 11 is 0. The lowest BCUT2D eigenvalue weighted by Gasteiger charge is -2.21. The van der Waals surface area contributed by atoms with Crippen LogP contribution in [0.4, 0.5) is 4.79 Å². The monoisotopic (exact) mass is 278 g/mol. The number of carbonyl (C=O) groups is 1. The van der Waals surface area contributed by atoms with E-state index in [1.165, 1.54) is 12.8 Å². The number of primary amides is 1. The molecule has 0 unspecified atom stereocenters. The van der Waals surface area contributed by atoms with Crippen LogP contribution in [0.15, 0.2) is 24.3 Å². The maximum Gasteiger partial charge on any atom is 0.405 e. The fourth-order valence-corrected chi connectivity index (χ4v) is 2.56. The second-order valence-electron chi connectivity index (χ2n) is 5.04. The van der Waals surface area contributed by atoms with Gasteiger partial charge in [0.1, 0.15) is 11.9 Å². The van der Waals surface area contributed by atoms with Crippen molar-refractivity contribution in [2.45, 2.75) is 25.4 Å². The van der Waals surface area contributed by atoms with Gasteiger partial charge in [-0.15, -0.1) is 0 Å². The Hall–Kier alpha value is -1.75. The normalized spacial score (nSPS) is 16.9. The van der Waals surface area contributed by atoms with E-state index in [0.717, 1.165) is 37.4 Å². The Morgan fingerprint density at radius 3 is 2.50 bits per heavy atom. The number of ether oxygens (including phenoxy) is 2. The molecule has 2 rings (SSSR count). The first-order chi connectivity index (χ1) is 9.69. The second kappa shape index (κ2) is 7.14. The van der Waals surface area contributed by atoms with Gasteiger partial charge < -0.3 is 20.1 Å². The van der Waals surface area contributed by atoms with Gasteiger partial charge in [-0.1, -0.05) is 12.1 Å². The van der Waals surface area contributed by atoms with Gasteiger partial charge in [0.05, 0.1) is 7.11 Å². The van der Waals surface area contributed by atoms with E-state index in [1.807, 2.05) is 24.3 Å².